The van der Waals surface area contributed by atoms with E-state index >= 15 is 0 Å². The fourth-order valence-electron chi connectivity index (χ4n) is 3.56. The highest BCUT2D eigenvalue weighted by molar-refractivity contribution is 5.97. The summed E-state index contributed by atoms with van der Waals surface area (Å²) < 4.78 is 54.2. The maximum atomic E-state index is 14.5. The molecule has 1 nitrogen and oxygen atoms in total. The van der Waals surface area contributed by atoms with Crippen molar-refractivity contribution in [2.75, 3.05) is 0 Å². The number of carbonyl (C=O) groups is 1. The van der Waals surface area contributed by atoms with Crippen LogP contribution in [0.4, 0.5) is 17.6 Å². The minimum Gasteiger partial charge on any atom is -0.294 e. The molecular weight excluding hydrogens is 344 g/mol. The number of carbonyl (C=O) groups excluding carboxylic acids is 1. The summed E-state index contributed by atoms with van der Waals surface area (Å²) in [6.45, 7) is 3.60. The summed E-state index contributed by atoms with van der Waals surface area (Å²) in [4.78, 5) is 11.7. The van der Waals surface area contributed by atoms with E-state index in [9.17, 15) is 22.4 Å². The van der Waals surface area contributed by atoms with Crippen LogP contribution in [-0.4, -0.2) is 5.78 Å². The Balaban J connectivity index is 2.26. The van der Waals surface area contributed by atoms with Crippen molar-refractivity contribution in [1.82, 2.24) is 0 Å². The molecule has 142 valence electrons. The third kappa shape index (κ3) is 4.87. The first kappa shape index (κ1) is 20.5. The summed E-state index contributed by atoms with van der Waals surface area (Å²) in [6, 6.07) is 2.23. The number of alkyl halides is 3. The lowest BCUT2D eigenvalue weighted by Crippen LogP contribution is -2.16. The molecule has 0 spiro atoms. The molecule has 1 aliphatic rings. The van der Waals surface area contributed by atoms with Crippen molar-refractivity contribution >= 4 is 5.78 Å². The van der Waals surface area contributed by atoms with Crippen LogP contribution in [0.3, 0.4) is 0 Å². The van der Waals surface area contributed by atoms with E-state index in [1.807, 2.05) is 0 Å². The third-order valence-electron chi connectivity index (χ3n) is 5.00. The molecule has 0 unspecified atom stereocenters. The van der Waals surface area contributed by atoms with Gasteiger partial charge in [0.1, 0.15) is 5.56 Å². The Morgan fingerprint density at radius 1 is 1.15 bits per heavy atom. The summed E-state index contributed by atoms with van der Waals surface area (Å²) in [7, 11) is 0. The predicted octanol–water partition coefficient (Wildman–Crippen LogP) is 6.40. The molecule has 0 heterocycles. The highest BCUT2D eigenvalue weighted by Crippen LogP contribution is 2.36. The van der Waals surface area contributed by atoms with Crippen molar-refractivity contribution in [2.45, 2.75) is 65.0 Å². The van der Waals surface area contributed by atoms with Crippen LogP contribution in [0.15, 0.2) is 12.1 Å². The molecule has 1 aliphatic carbocycles. The minimum atomic E-state index is -4.93. The standard InChI is InChI=1S/C21H24F4O/c1-3-5-14-6-8-15(9-7-14)10-11-16-12-13-17(18(26)4-2)19(20(16)22)21(23,24)25/h12-15H,3-9H2,1-2H3. The Kier molecular flexibility index (Phi) is 6.86. The zero-order valence-corrected chi connectivity index (χ0v) is 15.2. The smallest absolute Gasteiger partial charge is 0.294 e. The molecule has 0 atom stereocenters. The second-order valence-electron chi connectivity index (χ2n) is 6.90. The molecule has 0 aromatic heterocycles. The van der Waals surface area contributed by atoms with Gasteiger partial charge in [0.2, 0.25) is 0 Å². The quantitative estimate of drug-likeness (QED) is 0.342. The monoisotopic (exact) mass is 368 g/mol. The molecule has 1 fully saturated rings. The molecule has 0 amide bonds. The number of hydrogen-bond acceptors (Lipinski definition) is 1. The van der Waals surface area contributed by atoms with Crippen LogP contribution >= 0.6 is 0 Å². The van der Waals surface area contributed by atoms with Crippen molar-refractivity contribution in [3.05, 3.63) is 34.6 Å². The average molecular weight is 368 g/mol. The van der Waals surface area contributed by atoms with Gasteiger partial charge in [-0.15, -0.1) is 0 Å². The van der Waals surface area contributed by atoms with Crippen molar-refractivity contribution in [3.8, 4) is 11.8 Å². The van der Waals surface area contributed by atoms with E-state index in [1.165, 1.54) is 19.4 Å². The Labute approximate surface area is 152 Å². The summed E-state index contributed by atoms with van der Waals surface area (Å²) in [5.41, 5.74) is -2.41. The van der Waals surface area contributed by atoms with Crippen LogP contribution < -0.4 is 0 Å². The molecule has 0 aliphatic heterocycles. The van der Waals surface area contributed by atoms with Gasteiger partial charge >= 0.3 is 6.18 Å². The van der Waals surface area contributed by atoms with Gasteiger partial charge in [0, 0.05) is 17.9 Å². The lowest BCUT2D eigenvalue weighted by Gasteiger charge is -2.25. The van der Waals surface area contributed by atoms with Crippen molar-refractivity contribution in [3.63, 3.8) is 0 Å². The van der Waals surface area contributed by atoms with Crippen LogP contribution in [-0.2, 0) is 6.18 Å². The van der Waals surface area contributed by atoms with Gasteiger partial charge in [-0.1, -0.05) is 38.5 Å². The Bertz CT molecular complexity index is 701. The molecule has 0 radical (unpaired) electrons. The molecule has 1 aromatic rings. The number of halogens is 4. The average Bonchev–Trinajstić information content (AvgIpc) is 2.60. The van der Waals surface area contributed by atoms with Gasteiger partial charge in [0.15, 0.2) is 11.6 Å². The SMILES string of the molecule is CCCC1CCC(C#Cc2ccc(C(=O)CC)c(C(F)(F)F)c2F)CC1. The summed E-state index contributed by atoms with van der Waals surface area (Å²) in [5, 5.41) is 0. The van der Waals surface area contributed by atoms with E-state index in [1.54, 1.807) is 0 Å². The normalized spacial score (nSPS) is 20.4. The molecule has 2 rings (SSSR count). The van der Waals surface area contributed by atoms with Gasteiger partial charge in [0.05, 0.1) is 5.56 Å². The Hall–Kier alpha value is -1.83. The Morgan fingerprint density at radius 2 is 1.81 bits per heavy atom. The summed E-state index contributed by atoms with van der Waals surface area (Å²) in [6.07, 6.45) is 1.22. The fourth-order valence-corrected chi connectivity index (χ4v) is 3.56. The number of rotatable bonds is 4. The van der Waals surface area contributed by atoms with Crippen molar-refractivity contribution in [1.29, 1.82) is 0 Å². The first-order chi connectivity index (χ1) is 12.3. The molecule has 0 bridgehead atoms. The largest absolute Gasteiger partial charge is 0.419 e. The van der Waals surface area contributed by atoms with Crippen LogP contribution in [0, 0.1) is 29.5 Å². The molecular formula is C21H24F4O. The molecule has 1 saturated carbocycles. The van der Waals surface area contributed by atoms with E-state index in [2.05, 4.69) is 18.8 Å². The highest BCUT2D eigenvalue weighted by Gasteiger charge is 2.39. The maximum absolute atomic E-state index is 14.5. The maximum Gasteiger partial charge on any atom is 0.419 e. The number of ketones is 1. The molecule has 0 N–H and O–H groups in total. The molecule has 26 heavy (non-hydrogen) atoms. The second kappa shape index (κ2) is 8.70. The topological polar surface area (TPSA) is 17.1 Å². The van der Waals surface area contributed by atoms with Gasteiger partial charge in [-0.3, -0.25) is 4.79 Å². The van der Waals surface area contributed by atoms with Gasteiger partial charge in [-0.25, -0.2) is 4.39 Å². The minimum absolute atomic E-state index is 0.0915. The zero-order valence-electron chi connectivity index (χ0n) is 15.2. The van der Waals surface area contributed by atoms with E-state index in [0.29, 0.717) is 5.92 Å². The van der Waals surface area contributed by atoms with Gasteiger partial charge in [0.25, 0.3) is 0 Å². The fraction of sp³-hybridized carbons (Fsp3) is 0.571. The van der Waals surface area contributed by atoms with Crippen LogP contribution in [0.25, 0.3) is 0 Å². The number of hydrogen-bond donors (Lipinski definition) is 0. The van der Waals surface area contributed by atoms with Crippen molar-refractivity contribution in [2.24, 2.45) is 11.8 Å². The zero-order chi connectivity index (χ0) is 19.3. The molecule has 5 heteroatoms. The highest BCUT2D eigenvalue weighted by atomic mass is 19.4. The first-order valence-corrected chi connectivity index (χ1v) is 9.22. The molecule has 0 saturated heterocycles. The second-order valence-corrected chi connectivity index (χ2v) is 6.90. The lowest BCUT2D eigenvalue weighted by atomic mass is 9.80. The van der Waals surface area contributed by atoms with E-state index in [-0.39, 0.29) is 17.9 Å². The van der Waals surface area contributed by atoms with Gasteiger partial charge < -0.3 is 0 Å². The molecule has 1 aromatic carbocycles. The summed E-state index contributed by atoms with van der Waals surface area (Å²) in [5.74, 6) is 4.15. The van der Waals surface area contributed by atoms with Crippen LogP contribution in [0.1, 0.15) is 80.3 Å². The van der Waals surface area contributed by atoms with E-state index < -0.39 is 28.9 Å². The van der Waals surface area contributed by atoms with Gasteiger partial charge in [-0.2, -0.15) is 13.2 Å². The Morgan fingerprint density at radius 3 is 2.35 bits per heavy atom. The van der Waals surface area contributed by atoms with Crippen LogP contribution in [0.2, 0.25) is 0 Å². The predicted molar refractivity (Wildman–Crippen MR) is 93.3 cm³/mol. The summed E-state index contributed by atoms with van der Waals surface area (Å²) >= 11 is 0. The first-order valence-electron chi connectivity index (χ1n) is 9.22. The van der Waals surface area contributed by atoms with Crippen LogP contribution in [0.5, 0.6) is 0 Å². The van der Waals surface area contributed by atoms with Crippen molar-refractivity contribution < 1.29 is 22.4 Å². The van der Waals surface area contributed by atoms with E-state index in [4.69, 9.17) is 0 Å². The number of benzene rings is 1. The van der Waals surface area contributed by atoms with E-state index in [0.717, 1.165) is 38.2 Å². The number of Topliss-reactive ketones (excluding diaryl/α,β-unsaturated/α-hetero) is 1. The van der Waals surface area contributed by atoms with Gasteiger partial charge in [-0.05, 0) is 43.7 Å². The lowest BCUT2D eigenvalue weighted by molar-refractivity contribution is -0.140. The third-order valence-corrected chi connectivity index (χ3v) is 5.00.